The Morgan fingerprint density at radius 3 is 1.13 bits per heavy atom. The number of nitrogens with one attached hydrogen (secondary N) is 2. The van der Waals surface area contributed by atoms with Gasteiger partial charge in [-0.25, -0.2) is 9.97 Å². The molecule has 0 saturated carbocycles. The maximum Gasteiger partial charge on any atom is -0.00934 e. The van der Waals surface area contributed by atoms with Gasteiger partial charge in [-0.3, -0.25) is 0 Å². The van der Waals surface area contributed by atoms with Crippen LogP contribution in [0.1, 0.15) is 22.8 Å². The topological polar surface area (TPSA) is 57.4 Å². The summed E-state index contributed by atoms with van der Waals surface area (Å²) in [6, 6.07) is 20.4. The molecule has 6 rings (SSSR count). The minimum atomic E-state index is 0. The Labute approximate surface area is 191 Å². The molecule has 0 fully saturated rings. The Bertz CT molecular complexity index is 1170. The van der Waals surface area contributed by atoms with E-state index >= 15 is 0 Å². The Balaban J connectivity index is 0.000000321. The molecule has 4 aromatic rings. The number of fused-ring (bicyclic) bond motifs is 8. The Morgan fingerprint density at radius 1 is 0.533 bits per heavy atom. The van der Waals surface area contributed by atoms with Crippen molar-refractivity contribution >= 4 is 77.5 Å². The fourth-order valence-electron chi connectivity index (χ4n) is 3.17. The minimum absolute atomic E-state index is 0. The van der Waals surface area contributed by atoms with Crippen molar-refractivity contribution in [2.24, 2.45) is 0 Å². The largest absolute Gasteiger partial charge is 0.152 e. The van der Waals surface area contributed by atoms with Gasteiger partial charge in [0.15, 0.2) is 0 Å². The van der Waals surface area contributed by atoms with Gasteiger partial charge in [-0.05, 0) is 83.6 Å². The Kier molecular flexibility index (Phi) is 6.18. The van der Waals surface area contributed by atoms with Gasteiger partial charge in [0.25, 0.3) is 0 Å². The molecule has 2 aliphatic heterocycles. The van der Waals surface area contributed by atoms with E-state index in [0.29, 0.717) is 0 Å². The predicted molar refractivity (Wildman–Crippen MR) is 133 cm³/mol. The first-order valence-electron chi connectivity index (χ1n) is 9.32. The van der Waals surface area contributed by atoms with E-state index in [4.69, 9.17) is 0 Å². The van der Waals surface area contributed by atoms with Crippen molar-refractivity contribution in [1.82, 2.24) is 19.9 Å². The van der Waals surface area contributed by atoms with Crippen molar-refractivity contribution in [2.75, 3.05) is 0 Å². The zero-order chi connectivity index (χ0) is 19.5. The van der Waals surface area contributed by atoms with Gasteiger partial charge in [-0.1, -0.05) is 12.1 Å². The first-order valence-corrected chi connectivity index (χ1v) is 10.3. The molecule has 4 aromatic heterocycles. The van der Waals surface area contributed by atoms with Crippen LogP contribution in [0.3, 0.4) is 0 Å². The Morgan fingerprint density at radius 2 is 0.867 bits per heavy atom. The molecule has 4 nitrogen and oxygen atoms in total. The fourth-order valence-corrected chi connectivity index (χ4v) is 3.62. The summed E-state index contributed by atoms with van der Waals surface area (Å²) in [5.74, 6) is 0. The van der Waals surface area contributed by atoms with Crippen molar-refractivity contribution in [3.63, 3.8) is 0 Å². The van der Waals surface area contributed by atoms with Crippen LogP contribution in [-0.2, 0) is 0 Å². The third-order valence-electron chi connectivity index (χ3n) is 4.47. The van der Waals surface area contributed by atoms with Gasteiger partial charge in [0.05, 0.1) is 22.8 Å². The first-order chi connectivity index (χ1) is 14.3. The van der Waals surface area contributed by atoms with Gasteiger partial charge < -0.3 is 9.97 Å². The number of hydrogen-bond donors (Lipinski definition) is 2. The monoisotopic (exact) mass is 466 g/mol. The van der Waals surface area contributed by atoms with Gasteiger partial charge in [0.1, 0.15) is 0 Å². The van der Waals surface area contributed by atoms with E-state index in [2.05, 4.69) is 44.2 Å². The second kappa shape index (κ2) is 9.17. The minimum Gasteiger partial charge on any atom is -0.152 e. The van der Waals surface area contributed by atoms with E-state index in [1.807, 2.05) is 71.5 Å². The summed E-state index contributed by atoms with van der Waals surface area (Å²) in [7, 11) is 0. The molecule has 8 bridgehead atoms. The van der Waals surface area contributed by atoms with Crippen molar-refractivity contribution in [1.29, 1.82) is 0 Å². The van der Waals surface area contributed by atoms with Gasteiger partial charge in [-0.2, -0.15) is 11.3 Å². The first kappa shape index (κ1) is 20.2. The smallest absolute Gasteiger partial charge is 0.00934 e. The van der Waals surface area contributed by atoms with Crippen molar-refractivity contribution < 1.29 is 0 Å². The van der Waals surface area contributed by atoms with Crippen LogP contribution in [0.5, 0.6) is 0 Å². The molecule has 0 atom stereocenters. The van der Waals surface area contributed by atoms with Gasteiger partial charge in [-0.15, -0.1) is 0 Å². The number of hydrogen-bond acceptors (Lipinski definition) is 3. The second-order valence-electron chi connectivity index (χ2n) is 6.70. The molecule has 0 aromatic carbocycles. The van der Waals surface area contributed by atoms with Crippen LogP contribution in [0.4, 0.5) is 0 Å². The number of aromatic nitrogens is 4. The van der Waals surface area contributed by atoms with Gasteiger partial charge in [0, 0.05) is 22.1 Å². The maximum absolute atomic E-state index is 4.63. The quantitative estimate of drug-likeness (QED) is 0.301. The van der Waals surface area contributed by atoms with Crippen molar-refractivity contribution in [3.8, 4) is 0 Å². The van der Waals surface area contributed by atoms with Crippen LogP contribution in [0.15, 0.2) is 71.4 Å². The summed E-state index contributed by atoms with van der Waals surface area (Å²) in [6.07, 6.45) is 8.09. The zero-order valence-electron chi connectivity index (χ0n) is 15.5. The summed E-state index contributed by atoms with van der Waals surface area (Å²) < 4.78 is 0. The van der Waals surface area contributed by atoms with E-state index in [-0.39, 0.29) is 19.8 Å². The number of rotatable bonds is 0. The van der Waals surface area contributed by atoms with E-state index in [9.17, 15) is 0 Å². The molecule has 0 saturated heterocycles. The maximum atomic E-state index is 4.63. The van der Waals surface area contributed by atoms with Crippen molar-refractivity contribution in [3.05, 3.63) is 94.2 Å². The summed E-state index contributed by atoms with van der Waals surface area (Å²) in [4.78, 5) is 16.0. The third-order valence-corrected chi connectivity index (χ3v) is 5.10. The summed E-state index contributed by atoms with van der Waals surface area (Å²) in [6.45, 7) is 0. The normalized spacial score (nSPS) is 11.5. The molecule has 2 aliphatic rings. The van der Waals surface area contributed by atoms with E-state index in [0.717, 1.165) is 44.8 Å². The molecule has 30 heavy (non-hydrogen) atoms. The molecule has 0 unspecified atom stereocenters. The number of aromatic amines is 2. The van der Waals surface area contributed by atoms with Gasteiger partial charge >= 0.3 is 19.8 Å². The van der Waals surface area contributed by atoms with Crippen LogP contribution in [0.2, 0.25) is 0 Å². The van der Waals surface area contributed by atoms with E-state index in [1.54, 1.807) is 11.3 Å². The summed E-state index contributed by atoms with van der Waals surface area (Å²) in [5, 5.41) is 4.08. The second-order valence-corrected chi connectivity index (χ2v) is 7.51. The molecule has 6 heteroatoms. The molecular weight excluding hydrogens is 446 g/mol. The van der Waals surface area contributed by atoms with Crippen LogP contribution < -0.4 is 0 Å². The summed E-state index contributed by atoms with van der Waals surface area (Å²) in [5.41, 5.74) is 7.86. The Hall–Kier alpha value is -3.06. The standard InChI is InChI=1S/C20H14N4.C4H4S.Ga.3H/c1-2-14-10-16-5-6-18(23-16)12-20-8-7-19(24-20)11-17-4-3-15(22-17)9-13(1)21-14;1-2-4-5-3-1;;;;/h1-12,21,24H;1-4H;;;;. The van der Waals surface area contributed by atoms with Crippen LogP contribution in [0.25, 0.3) is 46.4 Å². The zero-order valence-corrected chi connectivity index (χ0v) is 16.4. The molecule has 6 heterocycles. The SMILES string of the molecule is C1=Cc2cc3ccc(cc4nc(cc5ccc(cc1n2)[nH]5)C=C4)[nH]3.[GaH3].c1ccsc1. The van der Waals surface area contributed by atoms with E-state index < -0.39 is 0 Å². The van der Waals surface area contributed by atoms with Crippen molar-refractivity contribution in [2.45, 2.75) is 0 Å². The summed E-state index contributed by atoms with van der Waals surface area (Å²) >= 11 is 1.71. The number of thiophene rings is 1. The number of H-pyrrole nitrogens is 2. The molecule has 2 N–H and O–H groups in total. The molecule has 0 radical (unpaired) electrons. The average Bonchev–Trinajstić information content (AvgIpc) is 3.50. The van der Waals surface area contributed by atoms with E-state index in [1.165, 1.54) is 0 Å². The number of nitrogens with zero attached hydrogens (tertiary/aromatic N) is 2. The van der Waals surface area contributed by atoms with Gasteiger partial charge in [0.2, 0.25) is 0 Å². The third kappa shape index (κ3) is 4.91. The molecule has 0 amide bonds. The van der Waals surface area contributed by atoms with Crippen LogP contribution in [0, 0.1) is 0 Å². The van der Waals surface area contributed by atoms with Crippen LogP contribution in [-0.4, -0.2) is 39.7 Å². The predicted octanol–water partition coefficient (Wildman–Crippen LogP) is 5.22. The molecule has 146 valence electrons. The fraction of sp³-hybridized carbons (Fsp3) is 0. The average molecular weight is 467 g/mol. The molecule has 0 aliphatic carbocycles. The molecule has 0 spiro atoms. The van der Waals surface area contributed by atoms with Crippen LogP contribution >= 0.6 is 11.3 Å². The molecular formula is C24H21GaN4S.